The Balaban J connectivity index is 1.76. The lowest BCUT2D eigenvalue weighted by atomic mass is 10.3. The van der Waals surface area contributed by atoms with Gasteiger partial charge < -0.3 is 10.1 Å². The van der Waals surface area contributed by atoms with Crippen LogP contribution in [-0.4, -0.2) is 32.2 Å². The Hall–Kier alpha value is -1.87. The number of amides is 1. The molecule has 0 saturated heterocycles. The van der Waals surface area contributed by atoms with E-state index in [4.69, 9.17) is 27.9 Å². The zero-order chi connectivity index (χ0) is 18.9. The highest BCUT2D eigenvalue weighted by Gasteiger charge is 2.21. The first-order chi connectivity index (χ1) is 12.3. The monoisotopic (exact) mass is 430 g/mol. The number of carbonyl (C=O) groups is 1. The van der Waals surface area contributed by atoms with Gasteiger partial charge in [-0.15, -0.1) is 0 Å². The first kappa shape index (κ1) is 18.9. The van der Waals surface area contributed by atoms with Crippen molar-refractivity contribution in [3.63, 3.8) is 0 Å². The van der Waals surface area contributed by atoms with Crippen LogP contribution in [0.3, 0.4) is 0 Å². The topological polar surface area (TPSA) is 85.4 Å². The number of nitrogens with zero attached hydrogens (tertiary/aromatic N) is 1. The average molecular weight is 431 g/mol. The van der Waals surface area contributed by atoms with Gasteiger partial charge in [0.1, 0.15) is 17.0 Å². The maximum Gasteiger partial charge on any atom is 0.241 e. The molecule has 0 aliphatic rings. The highest BCUT2D eigenvalue weighted by atomic mass is 35.5. The molecule has 1 amide bonds. The summed E-state index contributed by atoms with van der Waals surface area (Å²) in [6, 6.07) is 9.17. The zero-order valence-corrected chi connectivity index (χ0v) is 16.5. The van der Waals surface area contributed by atoms with Crippen molar-refractivity contribution < 1.29 is 17.9 Å². The Labute approximate surface area is 163 Å². The Bertz CT molecular complexity index is 1080. The zero-order valence-electron chi connectivity index (χ0n) is 13.3. The predicted octanol–water partition coefficient (Wildman–Crippen LogP) is 4.02. The Morgan fingerprint density at radius 2 is 1.88 bits per heavy atom. The number of halogens is 2. The van der Waals surface area contributed by atoms with E-state index in [2.05, 4.69) is 10.3 Å². The summed E-state index contributed by atoms with van der Waals surface area (Å²) >= 11 is 13.2. The molecule has 6 nitrogen and oxygen atoms in total. The van der Waals surface area contributed by atoms with Gasteiger partial charge >= 0.3 is 0 Å². The standard InChI is InChI=1S/C16H12Cl2N2O4S2/c1-24-9-2-4-10(5-3-9)26(22,23)8-13(21)19-16-20-15-12(25-16)7-6-11(17)14(15)18/h2-7H,8H2,1H3,(H,19,20,21). The van der Waals surface area contributed by atoms with Crippen LogP contribution in [0.5, 0.6) is 5.75 Å². The molecule has 1 heterocycles. The molecule has 2 aromatic carbocycles. The summed E-state index contributed by atoms with van der Waals surface area (Å²) in [5.41, 5.74) is 0.456. The summed E-state index contributed by atoms with van der Waals surface area (Å²) in [6.07, 6.45) is 0. The molecule has 0 unspecified atom stereocenters. The van der Waals surface area contributed by atoms with Gasteiger partial charge in [0.25, 0.3) is 0 Å². The van der Waals surface area contributed by atoms with E-state index in [-0.39, 0.29) is 15.0 Å². The lowest BCUT2D eigenvalue weighted by Crippen LogP contribution is -2.22. The third-order valence-corrected chi connectivity index (χ3v) is 6.80. The smallest absolute Gasteiger partial charge is 0.241 e. The third kappa shape index (κ3) is 3.93. The predicted molar refractivity (Wildman–Crippen MR) is 103 cm³/mol. The third-order valence-electron chi connectivity index (χ3n) is 3.44. The van der Waals surface area contributed by atoms with E-state index in [1.165, 1.54) is 42.7 Å². The van der Waals surface area contributed by atoms with E-state index in [0.29, 0.717) is 16.3 Å². The number of nitrogens with one attached hydrogen (secondary N) is 1. The molecule has 3 aromatic rings. The van der Waals surface area contributed by atoms with E-state index >= 15 is 0 Å². The molecular weight excluding hydrogens is 419 g/mol. The maximum atomic E-state index is 12.3. The molecule has 1 aromatic heterocycles. The number of anilines is 1. The molecule has 0 fully saturated rings. The number of carbonyl (C=O) groups excluding carboxylic acids is 1. The molecule has 26 heavy (non-hydrogen) atoms. The fourth-order valence-electron chi connectivity index (χ4n) is 2.19. The SMILES string of the molecule is COc1ccc(S(=O)(=O)CC(=O)Nc2nc3c(Cl)c(Cl)ccc3s2)cc1. The largest absolute Gasteiger partial charge is 0.497 e. The van der Waals surface area contributed by atoms with Crippen LogP contribution in [0.1, 0.15) is 0 Å². The van der Waals surface area contributed by atoms with Crippen LogP contribution in [0, 0.1) is 0 Å². The second-order valence-electron chi connectivity index (χ2n) is 5.21. The van der Waals surface area contributed by atoms with Gasteiger partial charge in [-0.05, 0) is 36.4 Å². The van der Waals surface area contributed by atoms with Crippen molar-refractivity contribution in [2.75, 3.05) is 18.2 Å². The van der Waals surface area contributed by atoms with Gasteiger partial charge in [-0.2, -0.15) is 0 Å². The molecular formula is C16H12Cl2N2O4S2. The van der Waals surface area contributed by atoms with Crippen LogP contribution in [0.15, 0.2) is 41.3 Å². The average Bonchev–Trinajstić information content (AvgIpc) is 3.01. The van der Waals surface area contributed by atoms with Gasteiger partial charge in [-0.1, -0.05) is 34.5 Å². The summed E-state index contributed by atoms with van der Waals surface area (Å²) in [5, 5.41) is 3.37. The molecule has 1 N–H and O–H groups in total. The number of benzene rings is 2. The van der Waals surface area contributed by atoms with Crippen molar-refractivity contribution in [2.45, 2.75) is 4.90 Å². The van der Waals surface area contributed by atoms with Crippen molar-refractivity contribution in [1.29, 1.82) is 0 Å². The van der Waals surface area contributed by atoms with Gasteiger partial charge in [0.15, 0.2) is 15.0 Å². The molecule has 0 atom stereocenters. The van der Waals surface area contributed by atoms with Gasteiger partial charge in [0.05, 0.1) is 26.8 Å². The van der Waals surface area contributed by atoms with Crippen LogP contribution in [-0.2, 0) is 14.6 Å². The fourth-order valence-corrected chi connectivity index (χ4v) is 4.63. The van der Waals surface area contributed by atoms with Gasteiger partial charge in [0, 0.05) is 0 Å². The number of aromatic nitrogens is 1. The Kier molecular flexibility index (Phi) is 5.38. The van der Waals surface area contributed by atoms with Gasteiger partial charge in [-0.3, -0.25) is 4.79 Å². The van der Waals surface area contributed by atoms with E-state index in [0.717, 1.165) is 4.70 Å². The second kappa shape index (κ2) is 7.40. The quantitative estimate of drug-likeness (QED) is 0.660. The maximum absolute atomic E-state index is 12.3. The van der Waals surface area contributed by atoms with Crippen LogP contribution in [0.4, 0.5) is 5.13 Å². The van der Waals surface area contributed by atoms with E-state index < -0.39 is 21.5 Å². The number of sulfone groups is 1. The van der Waals surface area contributed by atoms with E-state index in [1.807, 2.05) is 0 Å². The van der Waals surface area contributed by atoms with Gasteiger partial charge in [0.2, 0.25) is 5.91 Å². The van der Waals surface area contributed by atoms with Gasteiger partial charge in [-0.25, -0.2) is 13.4 Å². The summed E-state index contributed by atoms with van der Waals surface area (Å²) in [6.45, 7) is 0. The number of rotatable bonds is 5. The molecule has 0 spiro atoms. The van der Waals surface area contributed by atoms with E-state index in [9.17, 15) is 13.2 Å². The van der Waals surface area contributed by atoms with Crippen molar-refractivity contribution in [1.82, 2.24) is 4.98 Å². The fraction of sp³-hybridized carbons (Fsp3) is 0.125. The highest BCUT2D eigenvalue weighted by molar-refractivity contribution is 7.92. The first-order valence-electron chi connectivity index (χ1n) is 7.21. The minimum absolute atomic E-state index is 0.0348. The molecule has 0 aliphatic heterocycles. The Morgan fingerprint density at radius 1 is 1.19 bits per heavy atom. The summed E-state index contributed by atoms with van der Waals surface area (Å²) in [7, 11) is -2.31. The second-order valence-corrected chi connectivity index (χ2v) is 9.02. The van der Waals surface area contributed by atoms with Crippen molar-refractivity contribution in [3.8, 4) is 5.75 Å². The molecule has 0 aliphatic carbocycles. The summed E-state index contributed by atoms with van der Waals surface area (Å²) in [4.78, 5) is 16.4. The summed E-state index contributed by atoms with van der Waals surface area (Å²) < 4.78 is 30.4. The lowest BCUT2D eigenvalue weighted by molar-refractivity contribution is -0.113. The van der Waals surface area contributed by atoms with E-state index in [1.54, 1.807) is 12.1 Å². The number of hydrogen-bond acceptors (Lipinski definition) is 6. The van der Waals surface area contributed by atoms with Crippen LogP contribution in [0.25, 0.3) is 10.2 Å². The van der Waals surface area contributed by atoms with Crippen molar-refractivity contribution in [3.05, 3.63) is 46.4 Å². The normalized spacial score (nSPS) is 11.5. The molecule has 3 rings (SSSR count). The minimum atomic E-state index is -3.79. The van der Waals surface area contributed by atoms with Crippen molar-refractivity contribution >= 4 is 65.6 Å². The minimum Gasteiger partial charge on any atom is -0.497 e. The molecule has 0 bridgehead atoms. The molecule has 10 heteroatoms. The van der Waals surface area contributed by atoms with Crippen molar-refractivity contribution in [2.24, 2.45) is 0 Å². The highest BCUT2D eigenvalue weighted by Crippen LogP contribution is 2.35. The van der Waals surface area contributed by atoms with Crippen LogP contribution < -0.4 is 10.1 Å². The first-order valence-corrected chi connectivity index (χ1v) is 10.4. The number of ether oxygens (including phenoxy) is 1. The number of fused-ring (bicyclic) bond motifs is 1. The molecule has 136 valence electrons. The number of methoxy groups -OCH3 is 1. The number of hydrogen-bond donors (Lipinski definition) is 1. The Morgan fingerprint density at radius 3 is 2.54 bits per heavy atom. The van der Waals surface area contributed by atoms with Crippen LogP contribution in [0.2, 0.25) is 10.0 Å². The summed E-state index contributed by atoms with van der Waals surface area (Å²) in [5.74, 6) is -0.871. The van der Waals surface area contributed by atoms with Crippen LogP contribution >= 0.6 is 34.5 Å². The molecule has 0 radical (unpaired) electrons. The lowest BCUT2D eigenvalue weighted by Gasteiger charge is -2.05. The molecule has 0 saturated carbocycles. The number of thiazole rings is 1.